The number of rotatable bonds is 5. The molecule has 0 fully saturated rings. The molecule has 0 amide bonds. The van der Waals surface area contributed by atoms with E-state index in [2.05, 4.69) is 6.92 Å². The standard InChI is InChI=1S/C17H17Cl2F/c1-2-17(12-18,13-7-4-3-5-8-13)11-14-15(19)9-6-10-16(14)20/h3-10H,2,11-12H2,1H3. The van der Waals surface area contributed by atoms with E-state index in [-0.39, 0.29) is 11.2 Å². The highest BCUT2D eigenvalue weighted by Gasteiger charge is 2.31. The molecule has 20 heavy (non-hydrogen) atoms. The van der Waals surface area contributed by atoms with Crippen LogP contribution in [0.3, 0.4) is 0 Å². The van der Waals surface area contributed by atoms with Gasteiger partial charge in [0, 0.05) is 21.9 Å². The Hall–Kier alpha value is -1.05. The first-order valence-electron chi connectivity index (χ1n) is 6.67. The van der Waals surface area contributed by atoms with Gasteiger partial charge in [-0.15, -0.1) is 11.6 Å². The largest absolute Gasteiger partial charge is 0.207 e. The number of benzene rings is 2. The summed E-state index contributed by atoms with van der Waals surface area (Å²) in [6, 6.07) is 14.8. The Morgan fingerprint density at radius 3 is 2.30 bits per heavy atom. The summed E-state index contributed by atoms with van der Waals surface area (Å²) in [7, 11) is 0. The van der Waals surface area contributed by atoms with Crippen LogP contribution in [0.15, 0.2) is 48.5 Å². The number of hydrogen-bond donors (Lipinski definition) is 0. The summed E-state index contributed by atoms with van der Waals surface area (Å²) in [4.78, 5) is 0. The molecule has 0 spiro atoms. The van der Waals surface area contributed by atoms with Gasteiger partial charge in [0.1, 0.15) is 5.82 Å². The van der Waals surface area contributed by atoms with Crippen LogP contribution in [-0.4, -0.2) is 5.88 Å². The summed E-state index contributed by atoms with van der Waals surface area (Å²) in [5.41, 5.74) is 1.37. The second-order valence-electron chi connectivity index (χ2n) is 5.01. The second-order valence-corrected chi connectivity index (χ2v) is 5.68. The summed E-state index contributed by atoms with van der Waals surface area (Å²) >= 11 is 12.4. The van der Waals surface area contributed by atoms with Crippen molar-refractivity contribution in [3.8, 4) is 0 Å². The molecule has 0 aromatic heterocycles. The van der Waals surface area contributed by atoms with Crippen LogP contribution in [0.1, 0.15) is 24.5 Å². The van der Waals surface area contributed by atoms with Crippen molar-refractivity contribution in [1.29, 1.82) is 0 Å². The fraction of sp³-hybridized carbons (Fsp3) is 0.294. The first-order valence-corrected chi connectivity index (χ1v) is 7.58. The molecule has 1 atom stereocenters. The van der Waals surface area contributed by atoms with Gasteiger partial charge in [-0.25, -0.2) is 4.39 Å². The molecule has 0 bridgehead atoms. The lowest BCUT2D eigenvalue weighted by atomic mass is 9.75. The Morgan fingerprint density at radius 2 is 1.75 bits per heavy atom. The summed E-state index contributed by atoms with van der Waals surface area (Å²) in [6.07, 6.45) is 1.33. The minimum Gasteiger partial charge on any atom is -0.207 e. The molecule has 0 radical (unpaired) electrons. The van der Waals surface area contributed by atoms with Crippen LogP contribution >= 0.6 is 23.2 Å². The van der Waals surface area contributed by atoms with Gasteiger partial charge in [0.2, 0.25) is 0 Å². The molecule has 2 aromatic carbocycles. The zero-order chi connectivity index (χ0) is 14.6. The summed E-state index contributed by atoms with van der Waals surface area (Å²) < 4.78 is 14.0. The normalized spacial score (nSPS) is 14.0. The molecule has 0 nitrogen and oxygen atoms in total. The van der Waals surface area contributed by atoms with Gasteiger partial charge >= 0.3 is 0 Å². The maximum absolute atomic E-state index is 14.0. The Kier molecular flexibility index (Phi) is 5.06. The molecule has 0 N–H and O–H groups in total. The lowest BCUT2D eigenvalue weighted by molar-refractivity contribution is 0.447. The van der Waals surface area contributed by atoms with Crippen molar-refractivity contribution in [2.75, 3.05) is 5.88 Å². The third kappa shape index (κ3) is 2.99. The zero-order valence-electron chi connectivity index (χ0n) is 11.4. The van der Waals surface area contributed by atoms with E-state index in [1.807, 2.05) is 30.3 Å². The lowest BCUT2D eigenvalue weighted by Crippen LogP contribution is -2.31. The van der Waals surface area contributed by atoms with Crippen LogP contribution in [0, 0.1) is 5.82 Å². The van der Waals surface area contributed by atoms with E-state index in [9.17, 15) is 4.39 Å². The van der Waals surface area contributed by atoms with Crippen molar-refractivity contribution in [1.82, 2.24) is 0 Å². The predicted molar refractivity (Wildman–Crippen MR) is 84.2 cm³/mol. The van der Waals surface area contributed by atoms with E-state index in [0.29, 0.717) is 22.9 Å². The predicted octanol–water partition coefficient (Wildman–Crippen LogP) is 5.61. The van der Waals surface area contributed by atoms with Gasteiger partial charge in [0.15, 0.2) is 0 Å². The maximum atomic E-state index is 14.0. The number of halogens is 3. The molecule has 1 unspecified atom stereocenters. The van der Waals surface area contributed by atoms with Crippen LogP contribution in [0.4, 0.5) is 4.39 Å². The summed E-state index contributed by atoms with van der Waals surface area (Å²) in [5, 5.41) is 0.462. The fourth-order valence-electron chi connectivity index (χ4n) is 2.48. The van der Waals surface area contributed by atoms with E-state index in [4.69, 9.17) is 23.2 Å². The molecule has 2 aromatic rings. The van der Waals surface area contributed by atoms with Crippen molar-refractivity contribution < 1.29 is 4.39 Å². The molecule has 106 valence electrons. The van der Waals surface area contributed by atoms with Crippen molar-refractivity contribution in [3.05, 3.63) is 70.5 Å². The third-order valence-electron chi connectivity index (χ3n) is 3.90. The Labute approximate surface area is 129 Å². The van der Waals surface area contributed by atoms with E-state index in [0.717, 1.165) is 12.0 Å². The molecule has 0 heterocycles. The average Bonchev–Trinajstić information content (AvgIpc) is 2.49. The maximum Gasteiger partial charge on any atom is 0.127 e. The van der Waals surface area contributed by atoms with Crippen molar-refractivity contribution in [3.63, 3.8) is 0 Å². The molecule has 0 saturated heterocycles. The van der Waals surface area contributed by atoms with Crippen LogP contribution in [-0.2, 0) is 11.8 Å². The molecular formula is C17H17Cl2F. The molecule has 0 aliphatic heterocycles. The Morgan fingerprint density at radius 1 is 1.05 bits per heavy atom. The van der Waals surface area contributed by atoms with E-state index < -0.39 is 0 Å². The van der Waals surface area contributed by atoms with Crippen LogP contribution in [0.2, 0.25) is 5.02 Å². The van der Waals surface area contributed by atoms with Crippen LogP contribution in [0.25, 0.3) is 0 Å². The first kappa shape index (κ1) is 15.3. The van der Waals surface area contributed by atoms with Gasteiger partial charge in [-0.2, -0.15) is 0 Å². The quantitative estimate of drug-likeness (QED) is 0.630. The molecule has 3 heteroatoms. The molecule has 2 rings (SSSR count). The smallest absolute Gasteiger partial charge is 0.127 e. The average molecular weight is 311 g/mol. The summed E-state index contributed by atoms with van der Waals surface area (Å²) in [5.74, 6) is 0.161. The third-order valence-corrected chi connectivity index (χ3v) is 4.76. The van der Waals surface area contributed by atoms with Gasteiger partial charge in [-0.1, -0.05) is 54.9 Å². The highest BCUT2D eigenvalue weighted by molar-refractivity contribution is 6.31. The van der Waals surface area contributed by atoms with Gasteiger partial charge in [0.25, 0.3) is 0 Å². The Balaban J connectivity index is 2.45. The van der Waals surface area contributed by atoms with Gasteiger partial charge in [-0.3, -0.25) is 0 Å². The number of hydrogen-bond acceptors (Lipinski definition) is 0. The number of alkyl halides is 1. The van der Waals surface area contributed by atoms with Gasteiger partial charge in [0.05, 0.1) is 0 Å². The lowest BCUT2D eigenvalue weighted by Gasteiger charge is -2.32. The van der Waals surface area contributed by atoms with Crippen molar-refractivity contribution in [2.24, 2.45) is 0 Å². The van der Waals surface area contributed by atoms with Gasteiger partial charge < -0.3 is 0 Å². The second kappa shape index (κ2) is 6.60. The SMILES string of the molecule is CCC(CCl)(Cc1c(F)cccc1Cl)c1ccccc1. The van der Waals surface area contributed by atoms with Gasteiger partial charge in [-0.05, 0) is 30.5 Å². The topological polar surface area (TPSA) is 0 Å². The zero-order valence-corrected chi connectivity index (χ0v) is 12.9. The highest BCUT2D eigenvalue weighted by Crippen LogP contribution is 2.36. The molecule has 0 aliphatic carbocycles. The first-order chi connectivity index (χ1) is 9.63. The summed E-state index contributed by atoms with van der Waals surface area (Å²) in [6.45, 7) is 2.07. The van der Waals surface area contributed by atoms with Crippen molar-refractivity contribution in [2.45, 2.75) is 25.2 Å². The molecular weight excluding hydrogens is 294 g/mol. The van der Waals surface area contributed by atoms with Crippen LogP contribution in [0.5, 0.6) is 0 Å². The minimum atomic E-state index is -0.297. The Bertz CT molecular complexity index is 542. The molecule has 0 saturated carbocycles. The van der Waals surface area contributed by atoms with E-state index in [1.54, 1.807) is 12.1 Å². The minimum absolute atomic E-state index is 0.267. The van der Waals surface area contributed by atoms with E-state index in [1.165, 1.54) is 6.07 Å². The highest BCUT2D eigenvalue weighted by atomic mass is 35.5. The van der Waals surface area contributed by atoms with Crippen molar-refractivity contribution >= 4 is 23.2 Å². The monoisotopic (exact) mass is 310 g/mol. The fourth-order valence-corrected chi connectivity index (χ4v) is 3.15. The van der Waals surface area contributed by atoms with E-state index >= 15 is 0 Å². The molecule has 0 aliphatic rings. The van der Waals surface area contributed by atoms with Crippen LogP contribution < -0.4 is 0 Å².